The first-order valence-electron chi connectivity index (χ1n) is 8.49. The fraction of sp³-hybridized carbons (Fsp3) is 0.222. The van der Waals surface area contributed by atoms with Gasteiger partial charge in [-0.3, -0.25) is 25.0 Å². The molecule has 0 radical (unpaired) electrons. The summed E-state index contributed by atoms with van der Waals surface area (Å²) < 4.78 is 0. The second kappa shape index (κ2) is 9.21. The number of amides is 1. The molecule has 0 aliphatic carbocycles. The third kappa shape index (κ3) is 4.67. The van der Waals surface area contributed by atoms with Gasteiger partial charge in [-0.15, -0.1) is 0 Å². The van der Waals surface area contributed by atoms with Crippen LogP contribution in [0.2, 0.25) is 0 Å². The molecule has 2 aromatic carbocycles. The molecule has 10 heteroatoms. The van der Waals surface area contributed by atoms with Gasteiger partial charge < -0.3 is 4.90 Å². The average molecular weight is 385 g/mol. The smallest absolute Gasteiger partial charge is 0.282 e. The van der Waals surface area contributed by atoms with Gasteiger partial charge in [0, 0.05) is 42.5 Å². The number of nitro groups is 2. The van der Waals surface area contributed by atoms with Crippen LogP contribution in [0.1, 0.15) is 29.8 Å². The summed E-state index contributed by atoms with van der Waals surface area (Å²) in [6.07, 6.45) is 1.29. The molecule has 2 aromatic rings. The van der Waals surface area contributed by atoms with Gasteiger partial charge in [-0.1, -0.05) is 12.1 Å². The SMILES string of the molecule is CCN(CC)c1ccc([N+](=O)[O-])cc1/C=N\NC(=O)c1ccccc1[N+](=O)[O-]. The summed E-state index contributed by atoms with van der Waals surface area (Å²) in [7, 11) is 0. The number of nitrogens with zero attached hydrogens (tertiary/aromatic N) is 4. The number of carbonyl (C=O) groups is 1. The summed E-state index contributed by atoms with van der Waals surface area (Å²) in [5.74, 6) is -0.752. The number of non-ortho nitro benzene ring substituents is 1. The summed E-state index contributed by atoms with van der Waals surface area (Å²) in [6.45, 7) is 5.25. The third-order valence-electron chi connectivity index (χ3n) is 4.04. The first-order chi connectivity index (χ1) is 13.4. The highest BCUT2D eigenvalue weighted by Gasteiger charge is 2.19. The largest absolute Gasteiger partial charge is 0.372 e. The van der Waals surface area contributed by atoms with Crippen molar-refractivity contribution in [2.24, 2.45) is 5.10 Å². The van der Waals surface area contributed by atoms with Crippen molar-refractivity contribution in [1.82, 2.24) is 5.43 Å². The lowest BCUT2D eigenvalue weighted by Crippen LogP contribution is -2.23. The van der Waals surface area contributed by atoms with Crippen molar-refractivity contribution in [3.8, 4) is 0 Å². The monoisotopic (exact) mass is 385 g/mol. The van der Waals surface area contributed by atoms with Crippen molar-refractivity contribution in [1.29, 1.82) is 0 Å². The Labute approximate surface area is 160 Å². The summed E-state index contributed by atoms with van der Waals surface area (Å²) in [5.41, 5.74) is 2.82. The molecule has 10 nitrogen and oxygen atoms in total. The molecule has 1 N–H and O–H groups in total. The highest BCUT2D eigenvalue weighted by molar-refractivity contribution is 5.99. The number of nitro benzene ring substituents is 2. The number of nitrogens with one attached hydrogen (secondary N) is 1. The van der Waals surface area contributed by atoms with Crippen molar-refractivity contribution < 1.29 is 14.6 Å². The quantitative estimate of drug-likeness (QED) is 0.422. The van der Waals surface area contributed by atoms with Crippen LogP contribution >= 0.6 is 0 Å². The number of rotatable bonds is 8. The van der Waals surface area contributed by atoms with Gasteiger partial charge >= 0.3 is 0 Å². The number of para-hydroxylation sites is 1. The van der Waals surface area contributed by atoms with E-state index in [1.54, 1.807) is 6.07 Å². The Hall–Kier alpha value is -3.82. The van der Waals surface area contributed by atoms with E-state index in [-0.39, 0.29) is 16.9 Å². The zero-order valence-electron chi connectivity index (χ0n) is 15.4. The van der Waals surface area contributed by atoms with Crippen molar-refractivity contribution in [2.45, 2.75) is 13.8 Å². The Balaban J connectivity index is 2.30. The van der Waals surface area contributed by atoms with Crippen LogP contribution < -0.4 is 10.3 Å². The Morgan fingerprint density at radius 1 is 1.11 bits per heavy atom. The van der Waals surface area contributed by atoms with Gasteiger partial charge in [0.15, 0.2) is 0 Å². The fourth-order valence-electron chi connectivity index (χ4n) is 2.66. The molecule has 0 saturated heterocycles. The predicted octanol–water partition coefficient (Wildman–Crippen LogP) is 3.11. The van der Waals surface area contributed by atoms with Gasteiger partial charge in [0.05, 0.1) is 16.1 Å². The molecule has 2 rings (SSSR count). The predicted molar refractivity (Wildman–Crippen MR) is 105 cm³/mol. The van der Waals surface area contributed by atoms with E-state index in [4.69, 9.17) is 0 Å². The van der Waals surface area contributed by atoms with Gasteiger partial charge in [-0.2, -0.15) is 5.10 Å². The van der Waals surface area contributed by atoms with E-state index in [9.17, 15) is 25.0 Å². The Morgan fingerprint density at radius 2 is 1.79 bits per heavy atom. The molecule has 0 aliphatic rings. The van der Waals surface area contributed by atoms with E-state index in [0.717, 1.165) is 5.69 Å². The van der Waals surface area contributed by atoms with E-state index >= 15 is 0 Å². The molecule has 0 spiro atoms. The minimum Gasteiger partial charge on any atom is -0.372 e. The molecular formula is C18H19N5O5. The number of hydrogen-bond acceptors (Lipinski definition) is 7. The van der Waals surface area contributed by atoms with Gasteiger partial charge in [-0.05, 0) is 26.0 Å². The minimum atomic E-state index is -0.752. The normalized spacial score (nSPS) is 10.6. The molecule has 0 heterocycles. The molecule has 1 amide bonds. The summed E-state index contributed by atoms with van der Waals surface area (Å²) in [4.78, 5) is 35.1. The molecule has 0 aliphatic heterocycles. The van der Waals surface area contributed by atoms with Crippen LogP contribution in [-0.4, -0.2) is 35.1 Å². The lowest BCUT2D eigenvalue weighted by atomic mass is 10.1. The first kappa shape index (κ1) is 20.5. The molecule has 0 bridgehead atoms. The molecular weight excluding hydrogens is 366 g/mol. The van der Waals surface area contributed by atoms with Crippen molar-refractivity contribution >= 4 is 29.2 Å². The lowest BCUT2D eigenvalue weighted by Gasteiger charge is -2.22. The number of benzene rings is 2. The van der Waals surface area contributed by atoms with Crippen molar-refractivity contribution in [2.75, 3.05) is 18.0 Å². The van der Waals surface area contributed by atoms with Crippen LogP contribution in [0.4, 0.5) is 17.1 Å². The second-order valence-corrected chi connectivity index (χ2v) is 5.65. The van der Waals surface area contributed by atoms with E-state index in [2.05, 4.69) is 10.5 Å². The number of hydrogen-bond donors (Lipinski definition) is 1. The van der Waals surface area contributed by atoms with Crippen LogP contribution in [0.25, 0.3) is 0 Å². The van der Waals surface area contributed by atoms with Crippen LogP contribution in [0.5, 0.6) is 0 Å². The molecule has 0 aromatic heterocycles. The second-order valence-electron chi connectivity index (χ2n) is 5.65. The maximum Gasteiger partial charge on any atom is 0.282 e. The van der Waals surface area contributed by atoms with Crippen LogP contribution in [-0.2, 0) is 0 Å². The summed E-state index contributed by atoms with van der Waals surface area (Å²) in [6, 6.07) is 9.87. The maximum absolute atomic E-state index is 12.2. The molecule has 28 heavy (non-hydrogen) atoms. The standard InChI is InChI=1S/C18H19N5O5/c1-3-21(4-2)16-10-9-14(22(25)26)11-13(16)12-19-20-18(24)15-7-5-6-8-17(15)23(27)28/h5-12H,3-4H2,1-2H3,(H,20,24)/b19-12-. The Kier molecular flexibility index (Phi) is 6.74. The number of hydrazone groups is 1. The number of anilines is 1. The highest BCUT2D eigenvalue weighted by Crippen LogP contribution is 2.24. The van der Waals surface area contributed by atoms with E-state index < -0.39 is 15.8 Å². The lowest BCUT2D eigenvalue weighted by molar-refractivity contribution is -0.385. The molecule has 0 atom stereocenters. The Morgan fingerprint density at radius 3 is 2.39 bits per heavy atom. The van der Waals surface area contributed by atoms with Crippen molar-refractivity contribution in [3.05, 3.63) is 73.8 Å². The fourth-order valence-corrected chi connectivity index (χ4v) is 2.66. The molecule has 0 fully saturated rings. The maximum atomic E-state index is 12.2. The Bertz CT molecular complexity index is 924. The van der Waals surface area contributed by atoms with Crippen LogP contribution in [0.15, 0.2) is 47.6 Å². The first-order valence-corrected chi connectivity index (χ1v) is 8.49. The summed E-state index contributed by atoms with van der Waals surface area (Å²) >= 11 is 0. The van der Waals surface area contributed by atoms with Gasteiger partial charge in [0.2, 0.25) is 0 Å². The van der Waals surface area contributed by atoms with Crippen molar-refractivity contribution in [3.63, 3.8) is 0 Å². The van der Waals surface area contributed by atoms with Gasteiger partial charge in [0.25, 0.3) is 17.3 Å². The summed E-state index contributed by atoms with van der Waals surface area (Å²) in [5, 5.41) is 25.9. The molecule has 146 valence electrons. The van der Waals surface area contributed by atoms with Crippen LogP contribution in [0, 0.1) is 20.2 Å². The topological polar surface area (TPSA) is 131 Å². The van der Waals surface area contributed by atoms with E-state index in [1.807, 2.05) is 18.7 Å². The van der Waals surface area contributed by atoms with E-state index in [1.165, 1.54) is 42.6 Å². The highest BCUT2D eigenvalue weighted by atomic mass is 16.6. The van der Waals surface area contributed by atoms with Crippen LogP contribution in [0.3, 0.4) is 0 Å². The molecule has 0 unspecified atom stereocenters. The number of carbonyl (C=O) groups excluding carboxylic acids is 1. The van der Waals surface area contributed by atoms with Gasteiger partial charge in [0.1, 0.15) is 5.56 Å². The third-order valence-corrected chi connectivity index (χ3v) is 4.04. The minimum absolute atomic E-state index is 0.109. The van der Waals surface area contributed by atoms with E-state index in [0.29, 0.717) is 18.7 Å². The zero-order chi connectivity index (χ0) is 20.7. The molecule has 0 saturated carbocycles. The van der Waals surface area contributed by atoms with Gasteiger partial charge in [-0.25, -0.2) is 5.43 Å². The zero-order valence-corrected chi connectivity index (χ0v) is 15.4. The average Bonchev–Trinajstić information content (AvgIpc) is 2.69.